The predicted octanol–water partition coefficient (Wildman–Crippen LogP) is 1.87. The van der Waals surface area contributed by atoms with Crippen LogP contribution in [0.2, 0.25) is 0 Å². The maximum Gasteiger partial charge on any atom is 0.264 e. The Hall–Kier alpha value is -3.34. The Balaban J connectivity index is 1.73. The molecule has 4 aromatic rings. The van der Waals surface area contributed by atoms with Crippen molar-refractivity contribution in [1.82, 2.24) is 28.8 Å². The van der Waals surface area contributed by atoms with Gasteiger partial charge in [-0.1, -0.05) is 0 Å². The van der Waals surface area contributed by atoms with Crippen molar-refractivity contribution in [3.05, 3.63) is 41.9 Å². The number of carbonyl (C=O) groups is 1. The molecule has 0 saturated carbocycles. The fraction of sp³-hybridized carbons (Fsp3) is 0.133. The van der Waals surface area contributed by atoms with Crippen LogP contribution in [0.25, 0.3) is 16.8 Å². The van der Waals surface area contributed by atoms with Crippen LogP contribution < -0.4 is 11.1 Å². The van der Waals surface area contributed by atoms with E-state index in [9.17, 15) is 9.18 Å². The highest BCUT2D eigenvalue weighted by atomic mass is 32.1. The molecule has 1 amide bonds. The number of aromatic nitrogens is 6. The number of anilines is 2. The first-order valence-electron chi connectivity index (χ1n) is 7.50. The highest BCUT2D eigenvalue weighted by Crippen LogP contribution is 2.35. The van der Waals surface area contributed by atoms with Crippen LogP contribution in [0.4, 0.5) is 15.2 Å². The summed E-state index contributed by atoms with van der Waals surface area (Å²) in [6.07, 6.45) is 5.64. The number of fused-ring (bicyclic) bond motifs is 1. The van der Waals surface area contributed by atoms with Gasteiger partial charge in [-0.3, -0.25) is 9.48 Å². The van der Waals surface area contributed by atoms with Gasteiger partial charge < -0.3 is 11.1 Å². The average Bonchev–Trinajstić information content (AvgIpc) is 3.24. The number of rotatable bonds is 3. The smallest absolute Gasteiger partial charge is 0.264 e. The molecule has 0 unspecified atom stereocenters. The first-order valence-corrected chi connectivity index (χ1v) is 8.27. The average molecular weight is 372 g/mol. The largest absolute Gasteiger partial charge is 0.381 e. The van der Waals surface area contributed by atoms with Crippen LogP contribution in [0.3, 0.4) is 0 Å². The molecule has 0 aromatic carbocycles. The quantitative estimate of drug-likeness (QED) is 0.567. The van der Waals surface area contributed by atoms with E-state index in [1.807, 2.05) is 13.1 Å². The van der Waals surface area contributed by atoms with E-state index >= 15 is 0 Å². The summed E-state index contributed by atoms with van der Waals surface area (Å²) in [5, 5.41) is 11.4. The topological polar surface area (TPSA) is 116 Å². The molecule has 0 aliphatic carbocycles. The van der Waals surface area contributed by atoms with Crippen LogP contribution in [0.15, 0.2) is 24.8 Å². The van der Waals surface area contributed by atoms with E-state index in [4.69, 9.17) is 5.73 Å². The third kappa shape index (κ3) is 2.58. The van der Waals surface area contributed by atoms with Gasteiger partial charge in [0.15, 0.2) is 17.3 Å². The van der Waals surface area contributed by atoms with Crippen molar-refractivity contribution in [3.8, 4) is 11.1 Å². The molecule has 132 valence electrons. The fourth-order valence-electron chi connectivity index (χ4n) is 2.66. The molecule has 3 N–H and O–H groups in total. The van der Waals surface area contributed by atoms with Gasteiger partial charge in [-0.25, -0.2) is 13.9 Å². The van der Waals surface area contributed by atoms with Gasteiger partial charge in [0.1, 0.15) is 10.6 Å². The van der Waals surface area contributed by atoms with Crippen LogP contribution in [0, 0.1) is 12.7 Å². The molecule has 0 aliphatic heterocycles. The number of nitrogens with one attached hydrogen (secondary N) is 1. The maximum absolute atomic E-state index is 13.3. The molecule has 26 heavy (non-hydrogen) atoms. The Morgan fingerprint density at radius 3 is 2.88 bits per heavy atom. The van der Waals surface area contributed by atoms with Crippen molar-refractivity contribution >= 4 is 33.9 Å². The molecule has 0 spiro atoms. The summed E-state index contributed by atoms with van der Waals surface area (Å²) in [7, 11) is 1.81. The van der Waals surface area contributed by atoms with Crippen molar-refractivity contribution in [3.63, 3.8) is 0 Å². The van der Waals surface area contributed by atoms with E-state index in [-0.39, 0.29) is 17.0 Å². The van der Waals surface area contributed by atoms with Gasteiger partial charge in [-0.2, -0.15) is 9.47 Å². The van der Waals surface area contributed by atoms with Gasteiger partial charge >= 0.3 is 0 Å². The molecule has 0 atom stereocenters. The van der Waals surface area contributed by atoms with E-state index < -0.39 is 11.7 Å². The number of nitrogen functional groups attached to an aromatic ring is 1. The van der Waals surface area contributed by atoms with Gasteiger partial charge in [0, 0.05) is 24.4 Å². The van der Waals surface area contributed by atoms with Crippen molar-refractivity contribution < 1.29 is 9.18 Å². The zero-order valence-electron chi connectivity index (χ0n) is 13.8. The molecule has 0 aliphatic rings. The highest BCUT2D eigenvalue weighted by Gasteiger charge is 2.23. The number of hydrogen-bond donors (Lipinski definition) is 2. The molecule has 0 radical (unpaired) electrons. The van der Waals surface area contributed by atoms with Crippen LogP contribution in [0.5, 0.6) is 0 Å². The Morgan fingerprint density at radius 2 is 2.15 bits per heavy atom. The van der Waals surface area contributed by atoms with E-state index in [2.05, 4.69) is 24.9 Å². The number of halogens is 1. The molecule has 0 bridgehead atoms. The summed E-state index contributed by atoms with van der Waals surface area (Å²) in [5.74, 6) is -1.11. The Bertz CT molecular complexity index is 1140. The molecule has 0 saturated heterocycles. The zero-order chi connectivity index (χ0) is 18.4. The Morgan fingerprint density at radius 1 is 1.35 bits per heavy atom. The maximum atomic E-state index is 13.3. The first-order chi connectivity index (χ1) is 12.4. The third-order valence-corrected chi connectivity index (χ3v) is 4.63. The Labute approximate surface area is 150 Å². The second-order valence-electron chi connectivity index (χ2n) is 5.63. The third-order valence-electron chi connectivity index (χ3n) is 3.78. The lowest BCUT2D eigenvalue weighted by atomic mass is 10.1. The second kappa shape index (κ2) is 5.88. The predicted molar refractivity (Wildman–Crippen MR) is 94.4 cm³/mol. The number of aryl methyl sites for hydroxylation is 2. The SMILES string of the molecule is Cc1nsc(NC(=O)c2c(N)nn3cc(F)cnc23)c1-c1cnn(C)c1. The summed E-state index contributed by atoms with van der Waals surface area (Å²) < 4.78 is 20.4. The summed E-state index contributed by atoms with van der Waals surface area (Å²) in [5.41, 5.74) is 8.47. The van der Waals surface area contributed by atoms with Gasteiger partial charge in [-0.15, -0.1) is 5.10 Å². The summed E-state index contributed by atoms with van der Waals surface area (Å²) in [6.45, 7) is 1.85. The van der Waals surface area contributed by atoms with Gasteiger partial charge in [0.2, 0.25) is 0 Å². The standard InChI is InChI=1S/C15H13FN8OS/c1-7-10(8-3-19-23(2)5-8)15(26-22-7)20-14(25)11-12(17)21-24-6-9(16)4-18-13(11)24/h3-6H,1-2H3,(H2,17,21)(H,20,25). The number of amides is 1. The molecule has 4 aromatic heterocycles. The van der Waals surface area contributed by atoms with Gasteiger partial charge in [0.25, 0.3) is 5.91 Å². The number of nitrogens with two attached hydrogens (primary N) is 1. The molecule has 11 heteroatoms. The minimum absolute atomic E-state index is 0.0373. The number of nitrogens with zero attached hydrogens (tertiary/aromatic N) is 6. The summed E-state index contributed by atoms with van der Waals surface area (Å²) in [6, 6.07) is 0. The highest BCUT2D eigenvalue weighted by molar-refractivity contribution is 7.11. The van der Waals surface area contributed by atoms with Crippen molar-refractivity contribution in [2.45, 2.75) is 6.92 Å². The van der Waals surface area contributed by atoms with Crippen molar-refractivity contribution in [2.75, 3.05) is 11.1 Å². The van der Waals surface area contributed by atoms with Crippen LogP contribution in [0.1, 0.15) is 16.1 Å². The lowest BCUT2D eigenvalue weighted by Crippen LogP contribution is -2.13. The Kier molecular flexibility index (Phi) is 3.65. The molecule has 0 fully saturated rings. The van der Waals surface area contributed by atoms with Crippen LogP contribution >= 0.6 is 11.5 Å². The normalized spacial score (nSPS) is 11.2. The minimum Gasteiger partial charge on any atom is -0.381 e. The lowest BCUT2D eigenvalue weighted by Gasteiger charge is -2.04. The molecular weight excluding hydrogens is 359 g/mol. The molecule has 9 nitrogen and oxygen atoms in total. The van der Waals surface area contributed by atoms with Crippen molar-refractivity contribution in [1.29, 1.82) is 0 Å². The minimum atomic E-state index is -0.580. The van der Waals surface area contributed by atoms with E-state index in [0.29, 0.717) is 5.00 Å². The summed E-state index contributed by atoms with van der Waals surface area (Å²) in [4.78, 5) is 16.7. The van der Waals surface area contributed by atoms with E-state index in [1.165, 1.54) is 0 Å². The first kappa shape index (κ1) is 16.1. The van der Waals surface area contributed by atoms with E-state index in [1.54, 1.807) is 17.9 Å². The molecule has 4 rings (SSSR count). The number of hydrogen-bond acceptors (Lipinski definition) is 7. The van der Waals surface area contributed by atoms with Gasteiger partial charge in [0.05, 0.1) is 24.3 Å². The van der Waals surface area contributed by atoms with Gasteiger partial charge in [-0.05, 0) is 18.5 Å². The fourth-order valence-corrected chi connectivity index (χ4v) is 3.47. The summed E-state index contributed by atoms with van der Waals surface area (Å²) >= 11 is 1.15. The van der Waals surface area contributed by atoms with Crippen molar-refractivity contribution in [2.24, 2.45) is 7.05 Å². The van der Waals surface area contributed by atoms with Crippen LogP contribution in [-0.2, 0) is 7.05 Å². The van der Waals surface area contributed by atoms with Crippen LogP contribution in [-0.4, -0.2) is 34.7 Å². The van der Waals surface area contributed by atoms with E-state index in [0.717, 1.165) is 45.3 Å². The molecule has 4 heterocycles. The second-order valence-corrected chi connectivity index (χ2v) is 6.40. The zero-order valence-corrected chi connectivity index (χ0v) is 14.6. The number of carbonyl (C=O) groups excluding carboxylic acids is 1. The lowest BCUT2D eigenvalue weighted by molar-refractivity contribution is 0.102. The monoisotopic (exact) mass is 372 g/mol. The molecular formula is C15H13FN8OS.